The molecule has 1 atom stereocenters. The Morgan fingerprint density at radius 2 is 1.65 bits per heavy atom. The van der Waals surface area contributed by atoms with Gasteiger partial charge in [0.25, 0.3) is 0 Å². The third kappa shape index (κ3) is 5.55. The molecule has 0 aromatic heterocycles. The molecule has 7 heteroatoms. The Hall–Kier alpha value is -3.06. The maximum Gasteiger partial charge on any atom is 0.243 e. The summed E-state index contributed by atoms with van der Waals surface area (Å²) >= 11 is 0. The molecule has 0 aliphatic carbocycles. The van der Waals surface area contributed by atoms with Crippen LogP contribution in [-0.2, 0) is 9.59 Å². The van der Waals surface area contributed by atoms with Gasteiger partial charge in [-0.1, -0.05) is 30.3 Å². The Bertz CT molecular complexity index is 903. The fourth-order valence-electron chi connectivity index (χ4n) is 3.92. The van der Waals surface area contributed by atoms with Crippen molar-refractivity contribution in [3.63, 3.8) is 0 Å². The van der Waals surface area contributed by atoms with E-state index in [0.29, 0.717) is 0 Å². The fraction of sp³-hybridized carbons (Fsp3) is 0.417. The molecule has 1 unspecified atom stereocenters. The van der Waals surface area contributed by atoms with E-state index in [0.717, 1.165) is 54.4 Å². The second-order valence-corrected chi connectivity index (χ2v) is 7.90. The second kappa shape index (κ2) is 10.3. The first-order valence-corrected chi connectivity index (χ1v) is 10.7. The molecule has 2 N–H and O–H groups in total. The minimum Gasteiger partial charge on any atom is -0.495 e. The number of nitrogens with one attached hydrogen (secondary N) is 2. The molecule has 1 saturated heterocycles. The van der Waals surface area contributed by atoms with Gasteiger partial charge in [0.05, 0.1) is 25.4 Å². The lowest BCUT2D eigenvalue weighted by Crippen LogP contribution is -2.54. The number of rotatable bonds is 7. The van der Waals surface area contributed by atoms with E-state index in [2.05, 4.69) is 26.5 Å². The smallest absolute Gasteiger partial charge is 0.243 e. The Morgan fingerprint density at radius 1 is 1.00 bits per heavy atom. The molecule has 0 bridgehead atoms. The lowest BCUT2D eigenvalue weighted by molar-refractivity contribution is -0.128. The van der Waals surface area contributed by atoms with E-state index in [-0.39, 0.29) is 24.4 Å². The molecule has 0 saturated carbocycles. The topological polar surface area (TPSA) is 73.9 Å². The average Bonchev–Trinajstić information content (AvgIpc) is 2.79. The molecule has 1 aliphatic rings. The molecule has 7 nitrogen and oxygen atoms in total. The van der Waals surface area contributed by atoms with Crippen LogP contribution >= 0.6 is 0 Å². The van der Waals surface area contributed by atoms with Crippen LogP contribution in [0.1, 0.15) is 18.1 Å². The van der Waals surface area contributed by atoms with Crippen molar-refractivity contribution in [3.8, 4) is 5.75 Å². The number of anilines is 2. The van der Waals surface area contributed by atoms with Gasteiger partial charge in [-0.15, -0.1) is 0 Å². The van der Waals surface area contributed by atoms with Crippen molar-refractivity contribution in [2.24, 2.45) is 0 Å². The van der Waals surface area contributed by atoms with Crippen molar-refractivity contribution in [2.45, 2.75) is 26.8 Å². The molecule has 2 aromatic rings. The number of hydrogen-bond acceptors (Lipinski definition) is 5. The summed E-state index contributed by atoms with van der Waals surface area (Å²) in [5, 5.41) is 5.67. The van der Waals surface area contributed by atoms with Crippen LogP contribution in [0, 0.1) is 13.8 Å². The summed E-state index contributed by atoms with van der Waals surface area (Å²) in [7, 11) is 1.68. The first-order valence-electron chi connectivity index (χ1n) is 10.7. The molecule has 1 fully saturated rings. The molecule has 3 rings (SSSR count). The maximum absolute atomic E-state index is 12.6. The van der Waals surface area contributed by atoms with E-state index in [1.807, 2.05) is 57.2 Å². The van der Waals surface area contributed by atoms with E-state index in [4.69, 9.17) is 4.74 Å². The van der Waals surface area contributed by atoms with Gasteiger partial charge in [-0.05, 0) is 44.0 Å². The summed E-state index contributed by atoms with van der Waals surface area (Å²) in [5.41, 5.74) is 3.88. The van der Waals surface area contributed by atoms with Crippen molar-refractivity contribution in [3.05, 3.63) is 53.6 Å². The van der Waals surface area contributed by atoms with Crippen molar-refractivity contribution in [1.29, 1.82) is 0 Å². The monoisotopic (exact) mass is 424 g/mol. The van der Waals surface area contributed by atoms with Crippen molar-refractivity contribution < 1.29 is 14.3 Å². The van der Waals surface area contributed by atoms with E-state index in [1.165, 1.54) is 0 Å². The lowest BCUT2D eigenvalue weighted by atomic mass is 10.1. The Morgan fingerprint density at radius 3 is 2.29 bits per heavy atom. The zero-order valence-corrected chi connectivity index (χ0v) is 18.8. The Kier molecular flexibility index (Phi) is 7.52. The van der Waals surface area contributed by atoms with Crippen LogP contribution < -0.4 is 20.3 Å². The summed E-state index contributed by atoms with van der Waals surface area (Å²) in [4.78, 5) is 29.4. The normalized spacial score (nSPS) is 15.3. The van der Waals surface area contributed by atoms with Crippen LogP contribution in [0.15, 0.2) is 42.5 Å². The molecule has 2 aromatic carbocycles. The fourth-order valence-corrected chi connectivity index (χ4v) is 3.92. The minimum atomic E-state index is -0.298. The van der Waals surface area contributed by atoms with Gasteiger partial charge in [0.1, 0.15) is 5.75 Å². The highest BCUT2D eigenvalue weighted by atomic mass is 16.5. The SMILES string of the molecule is COc1ccccc1N1CCN(C(C)C(=O)NCC(=O)Nc2c(C)cccc2C)CC1. The summed E-state index contributed by atoms with van der Waals surface area (Å²) < 4.78 is 5.47. The number of ether oxygens (including phenoxy) is 1. The predicted octanol–water partition coefficient (Wildman–Crippen LogP) is 2.58. The number of hydrogen-bond donors (Lipinski definition) is 2. The third-order valence-corrected chi connectivity index (χ3v) is 5.84. The number of piperazine rings is 1. The summed E-state index contributed by atoms with van der Waals surface area (Å²) in [6.07, 6.45) is 0. The lowest BCUT2D eigenvalue weighted by Gasteiger charge is -2.38. The van der Waals surface area contributed by atoms with Crippen LogP contribution in [0.3, 0.4) is 0 Å². The summed E-state index contributed by atoms with van der Waals surface area (Å²) in [6, 6.07) is 13.5. The standard InChI is InChI=1S/C24H32N4O3/c1-17-8-7-9-18(2)23(17)26-22(29)16-25-24(30)19(3)27-12-14-28(15-13-27)20-10-5-6-11-21(20)31-4/h5-11,19H,12-16H2,1-4H3,(H,25,30)(H,26,29). The molecule has 166 valence electrons. The number of carbonyl (C=O) groups is 2. The zero-order chi connectivity index (χ0) is 22.4. The number of aryl methyl sites for hydroxylation is 2. The molecular formula is C24H32N4O3. The van der Waals surface area contributed by atoms with Gasteiger partial charge in [-0.2, -0.15) is 0 Å². The van der Waals surface area contributed by atoms with E-state index in [1.54, 1.807) is 7.11 Å². The number of nitrogens with zero attached hydrogens (tertiary/aromatic N) is 2. The minimum absolute atomic E-state index is 0.0435. The average molecular weight is 425 g/mol. The molecule has 1 aliphatic heterocycles. The summed E-state index contributed by atoms with van der Waals surface area (Å²) in [6.45, 7) is 8.90. The number of carbonyl (C=O) groups excluding carboxylic acids is 2. The van der Waals surface area contributed by atoms with Gasteiger partial charge >= 0.3 is 0 Å². The van der Waals surface area contributed by atoms with E-state index in [9.17, 15) is 9.59 Å². The Balaban J connectivity index is 1.48. The first kappa shape index (κ1) is 22.6. The van der Waals surface area contributed by atoms with Gasteiger partial charge in [-0.25, -0.2) is 0 Å². The molecule has 0 radical (unpaired) electrons. The largest absolute Gasteiger partial charge is 0.495 e. The van der Waals surface area contributed by atoms with Gasteiger partial charge in [0.2, 0.25) is 11.8 Å². The molecule has 31 heavy (non-hydrogen) atoms. The number of methoxy groups -OCH3 is 1. The van der Waals surface area contributed by atoms with Crippen LogP contribution in [0.5, 0.6) is 5.75 Å². The molecule has 0 spiro atoms. The highest BCUT2D eigenvalue weighted by Gasteiger charge is 2.26. The zero-order valence-electron chi connectivity index (χ0n) is 18.8. The first-order chi connectivity index (χ1) is 14.9. The van der Waals surface area contributed by atoms with Crippen molar-refractivity contribution in [1.82, 2.24) is 10.2 Å². The molecule has 1 heterocycles. The third-order valence-electron chi connectivity index (χ3n) is 5.84. The van der Waals surface area contributed by atoms with Gasteiger partial charge in [-0.3, -0.25) is 14.5 Å². The van der Waals surface area contributed by atoms with Crippen LogP contribution in [-0.4, -0.2) is 62.6 Å². The van der Waals surface area contributed by atoms with Crippen molar-refractivity contribution >= 4 is 23.2 Å². The maximum atomic E-state index is 12.6. The molecule has 2 amide bonds. The highest BCUT2D eigenvalue weighted by Crippen LogP contribution is 2.28. The number of benzene rings is 2. The highest BCUT2D eigenvalue weighted by molar-refractivity contribution is 5.96. The van der Waals surface area contributed by atoms with Crippen molar-refractivity contribution in [2.75, 3.05) is 50.1 Å². The predicted molar refractivity (Wildman–Crippen MR) is 124 cm³/mol. The van der Waals surface area contributed by atoms with E-state index < -0.39 is 0 Å². The van der Waals surface area contributed by atoms with E-state index >= 15 is 0 Å². The number of amides is 2. The van der Waals surface area contributed by atoms with Gasteiger partial charge < -0.3 is 20.3 Å². The van der Waals surface area contributed by atoms with Gasteiger partial charge in [0, 0.05) is 31.9 Å². The molecular weight excluding hydrogens is 392 g/mol. The van der Waals surface area contributed by atoms with Gasteiger partial charge in [0.15, 0.2) is 0 Å². The van der Waals surface area contributed by atoms with Crippen LogP contribution in [0.4, 0.5) is 11.4 Å². The van der Waals surface area contributed by atoms with Crippen LogP contribution in [0.25, 0.3) is 0 Å². The Labute approximate surface area is 184 Å². The van der Waals surface area contributed by atoms with Crippen LogP contribution in [0.2, 0.25) is 0 Å². The second-order valence-electron chi connectivity index (χ2n) is 7.90. The summed E-state index contributed by atoms with van der Waals surface area (Å²) in [5.74, 6) is 0.498. The quantitative estimate of drug-likeness (QED) is 0.715. The number of para-hydroxylation sites is 3.